The van der Waals surface area contributed by atoms with Crippen LogP contribution in [-0.4, -0.2) is 37.0 Å². The van der Waals surface area contributed by atoms with E-state index in [1.165, 1.54) is 12.8 Å². The van der Waals surface area contributed by atoms with Gasteiger partial charge in [0.15, 0.2) is 0 Å². The maximum Gasteiger partial charge on any atom is 0.227 e. The lowest BCUT2D eigenvalue weighted by Gasteiger charge is -2.29. The van der Waals surface area contributed by atoms with Crippen molar-refractivity contribution < 1.29 is 4.79 Å². The van der Waals surface area contributed by atoms with Gasteiger partial charge in [0.05, 0.1) is 5.92 Å². The first-order chi connectivity index (χ1) is 8.13. The molecule has 1 heterocycles. The van der Waals surface area contributed by atoms with Crippen molar-refractivity contribution in [3.63, 3.8) is 0 Å². The minimum Gasteiger partial charge on any atom is -0.342 e. The second-order valence-corrected chi connectivity index (χ2v) is 5.30. The quantitative estimate of drug-likeness (QED) is 0.771. The van der Waals surface area contributed by atoms with Crippen molar-refractivity contribution in [3.05, 3.63) is 0 Å². The van der Waals surface area contributed by atoms with E-state index in [2.05, 4.69) is 37.9 Å². The Hall–Kier alpha value is -0.570. The van der Waals surface area contributed by atoms with Gasteiger partial charge in [0.2, 0.25) is 5.91 Å². The first-order valence-corrected chi connectivity index (χ1v) is 7.13. The molecule has 3 heteroatoms. The predicted octanol–water partition coefficient (Wildman–Crippen LogP) is 2.13. The smallest absolute Gasteiger partial charge is 0.227 e. The van der Waals surface area contributed by atoms with Gasteiger partial charge in [-0.25, -0.2) is 0 Å². The van der Waals surface area contributed by atoms with Crippen LogP contribution in [0.5, 0.6) is 0 Å². The van der Waals surface area contributed by atoms with Gasteiger partial charge >= 0.3 is 0 Å². The molecule has 0 spiro atoms. The fourth-order valence-corrected chi connectivity index (χ4v) is 2.61. The molecule has 0 aromatic carbocycles. The zero-order chi connectivity index (χ0) is 12.8. The summed E-state index contributed by atoms with van der Waals surface area (Å²) in [7, 11) is 0. The lowest BCUT2D eigenvalue weighted by molar-refractivity contribution is -0.136. The molecule has 1 rings (SSSR count). The third kappa shape index (κ3) is 3.70. The molecule has 0 unspecified atom stereocenters. The Labute approximate surface area is 106 Å². The molecule has 100 valence electrons. The number of nitrogens with zero attached hydrogens (tertiary/aromatic N) is 1. The molecule has 2 atom stereocenters. The fourth-order valence-electron chi connectivity index (χ4n) is 2.61. The lowest BCUT2D eigenvalue weighted by atomic mass is 9.95. The van der Waals surface area contributed by atoms with Gasteiger partial charge in [0.1, 0.15) is 0 Å². The van der Waals surface area contributed by atoms with E-state index in [9.17, 15) is 4.79 Å². The fraction of sp³-hybridized carbons (Fsp3) is 0.929. The summed E-state index contributed by atoms with van der Waals surface area (Å²) in [6.45, 7) is 12.3. The Balaban J connectivity index is 2.57. The average Bonchev–Trinajstić information content (AvgIpc) is 2.76. The van der Waals surface area contributed by atoms with Crippen molar-refractivity contribution in [1.29, 1.82) is 0 Å². The molecule has 0 aromatic rings. The third-order valence-corrected chi connectivity index (χ3v) is 4.16. The Morgan fingerprint density at radius 2 is 1.94 bits per heavy atom. The van der Waals surface area contributed by atoms with Crippen LogP contribution < -0.4 is 5.32 Å². The number of carbonyl (C=O) groups excluding carboxylic acids is 1. The van der Waals surface area contributed by atoms with Crippen LogP contribution in [0.25, 0.3) is 0 Å². The van der Waals surface area contributed by atoms with Crippen molar-refractivity contribution in [2.24, 2.45) is 17.8 Å². The molecule has 1 saturated heterocycles. The maximum atomic E-state index is 12.4. The van der Waals surface area contributed by atoms with E-state index in [0.717, 1.165) is 26.2 Å². The van der Waals surface area contributed by atoms with Crippen LogP contribution >= 0.6 is 0 Å². The zero-order valence-corrected chi connectivity index (χ0v) is 11.8. The summed E-state index contributed by atoms with van der Waals surface area (Å²) in [5.74, 6) is 1.70. The summed E-state index contributed by atoms with van der Waals surface area (Å²) in [4.78, 5) is 14.5. The second-order valence-electron chi connectivity index (χ2n) is 5.30. The first-order valence-electron chi connectivity index (χ1n) is 7.13. The van der Waals surface area contributed by atoms with E-state index in [1.807, 2.05) is 0 Å². The van der Waals surface area contributed by atoms with E-state index in [-0.39, 0.29) is 5.92 Å². The van der Waals surface area contributed by atoms with Gasteiger partial charge in [-0.15, -0.1) is 0 Å². The summed E-state index contributed by atoms with van der Waals surface area (Å²) < 4.78 is 0. The number of amides is 1. The molecule has 0 radical (unpaired) electrons. The van der Waals surface area contributed by atoms with Crippen LogP contribution in [0, 0.1) is 17.8 Å². The predicted molar refractivity (Wildman–Crippen MR) is 71.8 cm³/mol. The summed E-state index contributed by atoms with van der Waals surface area (Å²) in [5, 5.41) is 3.32. The molecule has 3 nitrogen and oxygen atoms in total. The largest absolute Gasteiger partial charge is 0.342 e. The molecule has 1 amide bonds. The van der Waals surface area contributed by atoms with Crippen molar-refractivity contribution in [2.45, 2.75) is 40.5 Å². The number of carbonyl (C=O) groups is 1. The Kier molecular flexibility index (Phi) is 5.96. The second kappa shape index (κ2) is 7.00. The highest BCUT2D eigenvalue weighted by molar-refractivity contribution is 5.79. The van der Waals surface area contributed by atoms with Crippen molar-refractivity contribution in [3.8, 4) is 0 Å². The Bertz CT molecular complexity index is 238. The highest BCUT2D eigenvalue weighted by Gasteiger charge is 2.32. The van der Waals surface area contributed by atoms with E-state index in [0.29, 0.717) is 17.7 Å². The van der Waals surface area contributed by atoms with Gasteiger partial charge in [0, 0.05) is 19.6 Å². The average molecular weight is 240 g/mol. The normalized spacial score (nSPS) is 24.3. The standard InChI is InChI=1S/C14H28N2O/c1-5-12(6-2)10-16(7-3)14(17)13-9-15-8-11(13)4/h11-13,15H,5-10H2,1-4H3/t11-,13-/m1/s1. The molecule has 0 bridgehead atoms. The Morgan fingerprint density at radius 1 is 1.29 bits per heavy atom. The molecule has 1 aliphatic heterocycles. The summed E-state index contributed by atoms with van der Waals surface area (Å²) in [6.07, 6.45) is 2.33. The van der Waals surface area contributed by atoms with Crippen LogP contribution in [0.15, 0.2) is 0 Å². The number of hydrogen-bond donors (Lipinski definition) is 1. The number of hydrogen-bond acceptors (Lipinski definition) is 2. The summed E-state index contributed by atoms with van der Waals surface area (Å²) in [6, 6.07) is 0. The molecule has 0 saturated carbocycles. The molecular formula is C14H28N2O. The van der Waals surface area contributed by atoms with Crippen molar-refractivity contribution >= 4 is 5.91 Å². The molecule has 0 aromatic heterocycles. The molecule has 1 aliphatic rings. The van der Waals surface area contributed by atoms with Crippen molar-refractivity contribution in [1.82, 2.24) is 10.2 Å². The molecular weight excluding hydrogens is 212 g/mol. The van der Waals surface area contributed by atoms with Gasteiger partial charge < -0.3 is 10.2 Å². The summed E-state index contributed by atoms with van der Waals surface area (Å²) in [5.41, 5.74) is 0. The van der Waals surface area contributed by atoms with E-state index in [1.54, 1.807) is 0 Å². The summed E-state index contributed by atoms with van der Waals surface area (Å²) >= 11 is 0. The van der Waals surface area contributed by atoms with Gasteiger partial charge in [-0.2, -0.15) is 0 Å². The maximum absolute atomic E-state index is 12.4. The van der Waals surface area contributed by atoms with Crippen LogP contribution in [0.2, 0.25) is 0 Å². The number of rotatable bonds is 6. The minimum atomic E-state index is 0.198. The Morgan fingerprint density at radius 3 is 2.35 bits per heavy atom. The van der Waals surface area contributed by atoms with E-state index >= 15 is 0 Å². The molecule has 1 N–H and O–H groups in total. The van der Waals surface area contributed by atoms with Gasteiger partial charge in [-0.05, 0) is 25.3 Å². The third-order valence-electron chi connectivity index (χ3n) is 4.16. The van der Waals surface area contributed by atoms with Crippen LogP contribution in [0.3, 0.4) is 0 Å². The molecule has 0 aliphatic carbocycles. The van der Waals surface area contributed by atoms with E-state index < -0.39 is 0 Å². The highest BCUT2D eigenvalue weighted by Crippen LogP contribution is 2.20. The van der Waals surface area contributed by atoms with Crippen molar-refractivity contribution in [2.75, 3.05) is 26.2 Å². The number of nitrogens with one attached hydrogen (secondary N) is 1. The van der Waals surface area contributed by atoms with Crippen LogP contribution in [-0.2, 0) is 4.79 Å². The molecule has 1 fully saturated rings. The minimum absolute atomic E-state index is 0.198. The topological polar surface area (TPSA) is 32.3 Å². The first kappa shape index (κ1) is 14.5. The molecule has 17 heavy (non-hydrogen) atoms. The highest BCUT2D eigenvalue weighted by atomic mass is 16.2. The van der Waals surface area contributed by atoms with Gasteiger partial charge in [-0.3, -0.25) is 4.79 Å². The van der Waals surface area contributed by atoms with Crippen LogP contribution in [0.4, 0.5) is 0 Å². The SMILES string of the molecule is CCC(CC)CN(CC)C(=O)[C@@H]1CNC[C@H]1C. The lowest BCUT2D eigenvalue weighted by Crippen LogP contribution is -2.41. The zero-order valence-electron chi connectivity index (χ0n) is 11.8. The monoisotopic (exact) mass is 240 g/mol. The van der Waals surface area contributed by atoms with Gasteiger partial charge in [-0.1, -0.05) is 33.6 Å². The van der Waals surface area contributed by atoms with Gasteiger partial charge in [0.25, 0.3) is 0 Å². The van der Waals surface area contributed by atoms with Crippen LogP contribution in [0.1, 0.15) is 40.5 Å². The van der Waals surface area contributed by atoms with E-state index in [4.69, 9.17) is 0 Å².